The van der Waals surface area contributed by atoms with Crippen LogP contribution in [0.1, 0.15) is 5.56 Å². The van der Waals surface area contributed by atoms with Gasteiger partial charge in [0.15, 0.2) is 0 Å². The lowest BCUT2D eigenvalue weighted by atomic mass is 10.1. The van der Waals surface area contributed by atoms with Gasteiger partial charge in [-0.05, 0) is 13.0 Å². The summed E-state index contributed by atoms with van der Waals surface area (Å²) >= 11 is 0. The molecule has 0 unspecified atom stereocenters. The SMILES string of the molecule is Cc1c(NCC(=O)O)cccc1[N+](=O)[O-]. The van der Waals surface area contributed by atoms with Crippen LogP contribution in [0.2, 0.25) is 0 Å². The summed E-state index contributed by atoms with van der Waals surface area (Å²) in [6.07, 6.45) is 0. The highest BCUT2D eigenvalue weighted by Gasteiger charge is 2.13. The maximum Gasteiger partial charge on any atom is 0.322 e. The molecule has 0 saturated heterocycles. The fourth-order valence-electron chi connectivity index (χ4n) is 1.18. The smallest absolute Gasteiger partial charge is 0.322 e. The van der Waals surface area contributed by atoms with Crippen molar-refractivity contribution in [2.75, 3.05) is 11.9 Å². The average molecular weight is 210 g/mol. The number of anilines is 1. The second kappa shape index (κ2) is 4.41. The second-order valence-corrected chi connectivity index (χ2v) is 2.95. The van der Waals surface area contributed by atoms with E-state index in [1.807, 2.05) is 0 Å². The van der Waals surface area contributed by atoms with Crippen molar-refractivity contribution < 1.29 is 14.8 Å². The standard InChI is InChI=1S/C9H10N2O4/c1-6-7(10-5-9(12)13)3-2-4-8(6)11(14)15/h2-4,10H,5H2,1H3,(H,12,13). The summed E-state index contributed by atoms with van der Waals surface area (Å²) in [5.74, 6) is -1.01. The number of benzene rings is 1. The third-order valence-corrected chi connectivity index (χ3v) is 1.93. The maximum atomic E-state index is 10.6. The first-order chi connectivity index (χ1) is 7.02. The number of hydrogen-bond acceptors (Lipinski definition) is 4. The Morgan fingerprint density at radius 2 is 2.27 bits per heavy atom. The molecule has 1 rings (SSSR count). The van der Waals surface area contributed by atoms with Crippen molar-refractivity contribution in [3.63, 3.8) is 0 Å². The molecule has 0 aromatic heterocycles. The number of aliphatic carboxylic acids is 1. The molecule has 0 radical (unpaired) electrons. The summed E-state index contributed by atoms with van der Waals surface area (Å²) in [7, 11) is 0. The van der Waals surface area contributed by atoms with Crippen LogP contribution in [0.3, 0.4) is 0 Å². The first-order valence-corrected chi connectivity index (χ1v) is 4.22. The van der Waals surface area contributed by atoms with Gasteiger partial charge in [-0.1, -0.05) is 6.07 Å². The van der Waals surface area contributed by atoms with E-state index in [0.717, 1.165) is 0 Å². The first-order valence-electron chi connectivity index (χ1n) is 4.22. The van der Waals surface area contributed by atoms with Gasteiger partial charge in [0.05, 0.1) is 4.92 Å². The molecule has 0 aliphatic rings. The van der Waals surface area contributed by atoms with Crippen LogP contribution in [0.5, 0.6) is 0 Å². The Hall–Kier alpha value is -2.11. The Kier molecular flexibility index (Phi) is 3.22. The van der Waals surface area contributed by atoms with Gasteiger partial charge >= 0.3 is 5.97 Å². The zero-order valence-corrected chi connectivity index (χ0v) is 8.06. The van der Waals surface area contributed by atoms with E-state index >= 15 is 0 Å². The molecular weight excluding hydrogens is 200 g/mol. The van der Waals surface area contributed by atoms with Gasteiger partial charge in [0.1, 0.15) is 6.54 Å². The van der Waals surface area contributed by atoms with E-state index in [-0.39, 0.29) is 12.2 Å². The number of nitro benzene ring substituents is 1. The summed E-state index contributed by atoms with van der Waals surface area (Å²) in [6, 6.07) is 4.49. The minimum atomic E-state index is -1.01. The molecule has 1 aromatic rings. The van der Waals surface area contributed by atoms with Gasteiger partial charge < -0.3 is 10.4 Å². The molecular formula is C9H10N2O4. The van der Waals surface area contributed by atoms with Crippen LogP contribution >= 0.6 is 0 Å². The fraction of sp³-hybridized carbons (Fsp3) is 0.222. The zero-order valence-electron chi connectivity index (χ0n) is 8.06. The third kappa shape index (κ3) is 2.67. The lowest BCUT2D eigenvalue weighted by molar-refractivity contribution is -0.385. The first kappa shape index (κ1) is 11.0. The molecule has 0 fully saturated rings. The molecule has 1 aromatic carbocycles. The predicted octanol–water partition coefficient (Wildman–Crippen LogP) is 1.40. The Morgan fingerprint density at radius 3 is 2.80 bits per heavy atom. The topological polar surface area (TPSA) is 92.5 Å². The molecule has 0 spiro atoms. The van der Waals surface area contributed by atoms with Crippen LogP contribution in [0.25, 0.3) is 0 Å². The van der Waals surface area contributed by atoms with Crippen molar-refractivity contribution in [2.45, 2.75) is 6.92 Å². The lowest BCUT2D eigenvalue weighted by Gasteiger charge is -2.06. The van der Waals surface area contributed by atoms with Crippen LogP contribution < -0.4 is 5.32 Å². The van der Waals surface area contributed by atoms with E-state index in [2.05, 4.69) is 5.32 Å². The Labute approximate surface area is 85.7 Å². The van der Waals surface area contributed by atoms with Gasteiger partial charge in [-0.3, -0.25) is 14.9 Å². The number of carbonyl (C=O) groups is 1. The van der Waals surface area contributed by atoms with Crippen molar-refractivity contribution in [2.24, 2.45) is 0 Å². The summed E-state index contributed by atoms with van der Waals surface area (Å²) in [6.45, 7) is 1.31. The summed E-state index contributed by atoms with van der Waals surface area (Å²) < 4.78 is 0. The van der Waals surface area contributed by atoms with Crippen molar-refractivity contribution >= 4 is 17.3 Å². The molecule has 6 heteroatoms. The van der Waals surface area contributed by atoms with E-state index in [1.54, 1.807) is 13.0 Å². The molecule has 0 aliphatic carbocycles. The number of carboxylic acids is 1. The molecule has 0 heterocycles. The second-order valence-electron chi connectivity index (χ2n) is 2.95. The highest BCUT2D eigenvalue weighted by Crippen LogP contribution is 2.24. The van der Waals surface area contributed by atoms with Gasteiger partial charge in [0.25, 0.3) is 5.69 Å². The molecule has 2 N–H and O–H groups in total. The molecule has 0 atom stereocenters. The zero-order chi connectivity index (χ0) is 11.4. The third-order valence-electron chi connectivity index (χ3n) is 1.93. The van der Waals surface area contributed by atoms with Crippen LogP contribution in [-0.2, 0) is 4.79 Å². The maximum absolute atomic E-state index is 10.6. The monoisotopic (exact) mass is 210 g/mol. The van der Waals surface area contributed by atoms with Crippen LogP contribution in [0.4, 0.5) is 11.4 Å². The van der Waals surface area contributed by atoms with Crippen molar-refractivity contribution in [3.05, 3.63) is 33.9 Å². The lowest BCUT2D eigenvalue weighted by Crippen LogP contribution is -2.13. The average Bonchev–Trinajstić information content (AvgIpc) is 2.15. The van der Waals surface area contributed by atoms with Gasteiger partial charge in [-0.15, -0.1) is 0 Å². The fourth-order valence-corrected chi connectivity index (χ4v) is 1.18. The molecule has 0 aliphatic heterocycles. The molecule has 15 heavy (non-hydrogen) atoms. The van der Waals surface area contributed by atoms with Gasteiger partial charge in [0.2, 0.25) is 0 Å². The molecule has 6 nitrogen and oxygen atoms in total. The Balaban J connectivity index is 2.94. The number of nitro groups is 1. The molecule has 0 bridgehead atoms. The van der Waals surface area contributed by atoms with Crippen molar-refractivity contribution in [3.8, 4) is 0 Å². The van der Waals surface area contributed by atoms with E-state index in [4.69, 9.17) is 5.11 Å². The van der Waals surface area contributed by atoms with Gasteiger partial charge in [-0.25, -0.2) is 0 Å². The number of nitrogens with one attached hydrogen (secondary N) is 1. The number of nitrogens with zero attached hydrogens (tertiary/aromatic N) is 1. The number of carboxylic acid groups (broad SMARTS) is 1. The minimum Gasteiger partial charge on any atom is -0.480 e. The highest BCUT2D eigenvalue weighted by molar-refractivity contribution is 5.74. The van der Waals surface area contributed by atoms with Gasteiger partial charge in [0, 0.05) is 17.3 Å². The quantitative estimate of drug-likeness (QED) is 0.578. The molecule has 0 amide bonds. The molecule has 80 valence electrons. The largest absolute Gasteiger partial charge is 0.480 e. The van der Waals surface area contributed by atoms with Crippen LogP contribution in [0.15, 0.2) is 18.2 Å². The number of rotatable bonds is 4. The highest BCUT2D eigenvalue weighted by atomic mass is 16.6. The van der Waals surface area contributed by atoms with Crippen LogP contribution in [-0.4, -0.2) is 22.5 Å². The van der Waals surface area contributed by atoms with Gasteiger partial charge in [-0.2, -0.15) is 0 Å². The minimum absolute atomic E-state index is 0.0228. The van der Waals surface area contributed by atoms with E-state index in [1.165, 1.54) is 12.1 Å². The summed E-state index contributed by atoms with van der Waals surface area (Å²) in [4.78, 5) is 20.4. The predicted molar refractivity (Wildman–Crippen MR) is 54.0 cm³/mol. The Bertz CT molecular complexity index is 403. The number of hydrogen-bond donors (Lipinski definition) is 2. The van der Waals surface area contributed by atoms with E-state index in [9.17, 15) is 14.9 Å². The van der Waals surface area contributed by atoms with E-state index < -0.39 is 10.9 Å². The van der Waals surface area contributed by atoms with Crippen molar-refractivity contribution in [1.82, 2.24) is 0 Å². The van der Waals surface area contributed by atoms with Crippen molar-refractivity contribution in [1.29, 1.82) is 0 Å². The summed E-state index contributed by atoms with van der Waals surface area (Å²) in [5, 5.41) is 21.6. The van der Waals surface area contributed by atoms with E-state index in [0.29, 0.717) is 11.3 Å². The Morgan fingerprint density at radius 1 is 1.60 bits per heavy atom. The molecule has 0 saturated carbocycles. The normalized spacial score (nSPS) is 9.67. The summed E-state index contributed by atoms with van der Waals surface area (Å²) in [5.41, 5.74) is 0.876. The van der Waals surface area contributed by atoms with Crippen LogP contribution in [0, 0.1) is 17.0 Å².